The van der Waals surface area contributed by atoms with Crippen molar-refractivity contribution in [3.05, 3.63) is 18.2 Å². The Hall–Kier alpha value is -0.880. The molecule has 0 radical (unpaired) electrons. The van der Waals surface area contributed by atoms with Crippen molar-refractivity contribution in [3.8, 4) is 0 Å². The van der Waals surface area contributed by atoms with Crippen LogP contribution in [0.4, 0.5) is 11.4 Å². The van der Waals surface area contributed by atoms with Crippen molar-refractivity contribution in [1.82, 2.24) is 0 Å². The summed E-state index contributed by atoms with van der Waals surface area (Å²) in [6.07, 6.45) is 1.19. The molecule has 1 aliphatic heterocycles. The summed E-state index contributed by atoms with van der Waals surface area (Å²) in [4.78, 5) is 2.40. The minimum atomic E-state index is -3.28. The molecule has 1 saturated heterocycles. The number of anilines is 2. The monoisotopic (exact) mass is 300 g/mol. The topological polar surface area (TPSA) is 63.4 Å². The first-order valence-electron chi connectivity index (χ1n) is 6.18. The molecule has 0 saturated carbocycles. The number of nitrogen functional groups attached to an aromatic ring is 1. The van der Waals surface area contributed by atoms with Crippen LogP contribution in [-0.2, 0) is 9.84 Å². The Labute approximate surface area is 119 Å². The Balaban J connectivity index is 2.41. The molecule has 6 heteroatoms. The third-order valence-corrected chi connectivity index (χ3v) is 5.66. The molecule has 0 bridgehead atoms. The molecule has 0 unspecified atom stereocenters. The zero-order chi connectivity index (χ0) is 14.3. The van der Waals surface area contributed by atoms with E-state index in [1.807, 2.05) is 17.8 Å². The van der Waals surface area contributed by atoms with Crippen LogP contribution in [0, 0.1) is 0 Å². The van der Waals surface area contributed by atoms with Gasteiger partial charge in [0.2, 0.25) is 0 Å². The molecule has 0 amide bonds. The van der Waals surface area contributed by atoms with Crippen LogP contribution in [0.15, 0.2) is 23.1 Å². The van der Waals surface area contributed by atoms with Gasteiger partial charge in [-0.2, -0.15) is 11.8 Å². The van der Waals surface area contributed by atoms with Gasteiger partial charge < -0.3 is 10.6 Å². The number of thioether (sulfide) groups is 1. The minimum Gasteiger partial charge on any atom is -0.396 e. The third-order valence-electron chi connectivity index (χ3n) is 3.21. The lowest BCUT2D eigenvalue weighted by atomic mass is 10.1. The summed E-state index contributed by atoms with van der Waals surface area (Å²) in [5.74, 6) is 1.02. The summed E-state index contributed by atoms with van der Waals surface area (Å²) in [6.45, 7) is 6.15. The van der Waals surface area contributed by atoms with Crippen LogP contribution in [0.2, 0.25) is 0 Å². The Morgan fingerprint density at radius 2 is 2.05 bits per heavy atom. The maximum Gasteiger partial charge on any atom is 0.177 e. The first-order chi connectivity index (χ1) is 8.71. The Morgan fingerprint density at radius 1 is 1.37 bits per heavy atom. The Kier molecular flexibility index (Phi) is 3.75. The van der Waals surface area contributed by atoms with E-state index in [1.165, 1.54) is 6.26 Å². The molecule has 1 aromatic carbocycles. The fraction of sp³-hybridized carbons (Fsp3) is 0.538. The minimum absolute atomic E-state index is 0.159. The second-order valence-corrected chi connectivity index (χ2v) is 9.28. The van der Waals surface area contributed by atoms with Crippen molar-refractivity contribution in [3.63, 3.8) is 0 Å². The van der Waals surface area contributed by atoms with Gasteiger partial charge in [-0.1, -0.05) is 6.07 Å². The van der Waals surface area contributed by atoms with Crippen molar-refractivity contribution in [2.75, 3.05) is 35.7 Å². The lowest BCUT2D eigenvalue weighted by Gasteiger charge is -2.39. The lowest BCUT2D eigenvalue weighted by molar-refractivity contribution is 0.602. The Bertz CT molecular complexity index is 582. The summed E-state index contributed by atoms with van der Waals surface area (Å²) in [5, 5.41) is 0. The highest BCUT2D eigenvalue weighted by Crippen LogP contribution is 2.36. The number of hydrogen-bond donors (Lipinski definition) is 1. The highest BCUT2D eigenvalue weighted by molar-refractivity contribution is 8.00. The summed E-state index contributed by atoms with van der Waals surface area (Å²) >= 11 is 1.93. The van der Waals surface area contributed by atoms with Gasteiger partial charge in [0.15, 0.2) is 9.84 Å². The van der Waals surface area contributed by atoms with Crippen LogP contribution in [-0.4, -0.2) is 38.3 Å². The maximum atomic E-state index is 11.7. The van der Waals surface area contributed by atoms with Gasteiger partial charge in [-0.3, -0.25) is 0 Å². The molecule has 0 atom stereocenters. The Morgan fingerprint density at radius 3 is 2.63 bits per heavy atom. The molecule has 1 aliphatic rings. The molecule has 0 aliphatic carbocycles. The molecule has 1 aromatic rings. The molecule has 0 spiro atoms. The number of nitrogens with two attached hydrogens (primary N) is 1. The van der Waals surface area contributed by atoms with Gasteiger partial charge >= 0.3 is 0 Å². The van der Waals surface area contributed by atoms with Crippen molar-refractivity contribution in [2.45, 2.75) is 23.5 Å². The van der Waals surface area contributed by atoms with Gasteiger partial charge in [0.1, 0.15) is 0 Å². The number of para-hydroxylation sites is 1. The molecule has 4 nitrogen and oxygen atoms in total. The second kappa shape index (κ2) is 4.90. The predicted octanol–water partition coefficient (Wildman–Crippen LogP) is 2.00. The van der Waals surface area contributed by atoms with Gasteiger partial charge in [-0.25, -0.2) is 8.42 Å². The average molecular weight is 300 g/mol. The van der Waals surface area contributed by atoms with Crippen molar-refractivity contribution < 1.29 is 8.42 Å². The van der Waals surface area contributed by atoms with Crippen LogP contribution in [0.25, 0.3) is 0 Å². The normalized spacial score (nSPS) is 19.4. The zero-order valence-corrected chi connectivity index (χ0v) is 13.1. The zero-order valence-electron chi connectivity index (χ0n) is 11.5. The highest BCUT2D eigenvalue weighted by Gasteiger charge is 2.28. The van der Waals surface area contributed by atoms with Gasteiger partial charge in [-0.05, 0) is 26.0 Å². The van der Waals surface area contributed by atoms with E-state index in [-0.39, 0.29) is 9.64 Å². The number of nitrogens with zero attached hydrogens (tertiary/aromatic N) is 1. The van der Waals surface area contributed by atoms with Gasteiger partial charge in [0.25, 0.3) is 0 Å². The van der Waals surface area contributed by atoms with E-state index < -0.39 is 9.84 Å². The molecular formula is C13H20N2O2S2. The van der Waals surface area contributed by atoms with Crippen LogP contribution >= 0.6 is 11.8 Å². The van der Waals surface area contributed by atoms with Gasteiger partial charge in [0, 0.05) is 29.8 Å². The highest BCUT2D eigenvalue weighted by atomic mass is 32.2. The standard InChI is InChI=1S/C13H20N2O2S2/c1-13(2)9-15(7-8-18-13)10-5-4-6-11(12(10)14)19(3,16)17/h4-6H,7-9,14H2,1-3H3. The third kappa shape index (κ3) is 3.17. The lowest BCUT2D eigenvalue weighted by Crippen LogP contribution is -2.43. The van der Waals surface area contributed by atoms with E-state index in [1.54, 1.807) is 12.1 Å². The van der Waals surface area contributed by atoms with Crippen LogP contribution in [0.1, 0.15) is 13.8 Å². The van der Waals surface area contributed by atoms with Crippen LogP contribution in [0.3, 0.4) is 0 Å². The molecule has 1 fully saturated rings. The number of sulfone groups is 1. The summed E-state index contributed by atoms with van der Waals surface area (Å²) < 4.78 is 23.6. The van der Waals surface area contributed by atoms with E-state index in [0.717, 1.165) is 24.5 Å². The summed E-state index contributed by atoms with van der Waals surface area (Å²) in [6, 6.07) is 5.23. The molecule has 2 rings (SSSR count). The van der Waals surface area contributed by atoms with E-state index in [4.69, 9.17) is 5.73 Å². The van der Waals surface area contributed by atoms with Crippen LogP contribution in [0.5, 0.6) is 0 Å². The van der Waals surface area contributed by atoms with E-state index in [9.17, 15) is 8.42 Å². The molecule has 0 aromatic heterocycles. The smallest absolute Gasteiger partial charge is 0.177 e. The molecule has 2 N–H and O–H groups in total. The second-order valence-electron chi connectivity index (χ2n) is 5.49. The van der Waals surface area contributed by atoms with Crippen LogP contribution < -0.4 is 10.6 Å². The number of hydrogen-bond acceptors (Lipinski definition) is 5. The molecule has 106 valence electrons. The number of rotatable bonds is 2. The van der Waals surface area contributed by atoms with Crippen molar-refractivity contribution in [2.24, 2.45) is 0 Å². The largest absolute Gasteiger partial charge is 0.396 e. The first-order valence-corrected chi connectivity index (χ1v) is 9.06. The van der Waals surface area contributed by atoms with Crippen molar-refractivity contribution >= 4 is 33.0 Å². The molecule has 19 heavy (non-hydrogen) atoms. The van der Waals surface area contributed by atoms with Gasteiger partial charge in [0.05, 0.1) is 16.3 Å². The van der Waals surface area contributed by atoms with E-state index in [0.29, 0.717) is 5.69 Å². The fourth-order valence-electron chi connectivity index (χ4n) is 2.35. The quantitative estimate of drug-likeness (QED) is 0.846. The molecular weight excluding hydrogens is 280 g/mol. The maximum absolute atomic E-state index is 11.7. The predicted molar refractivity (Wildman–Crippen MR) is 82.7 cm³/mol. The first kappa shape index (κ1) is 14.5. The van der Waals surface area contributed by atoms with Crippen molar-refractivity contribution in [1.29, 1.82) is 0 Å². The SMILES string of the molecule is CC1(C)CN(c2cccc(S(C)(=O)=O)c2N)CCS1. The average Bonchev–Trinajstić information content (AvgIpc) is 2.26. The summed E-state index contributed by atoms with van der Waals surface area (Å²) in [5.41, 5.74) is 7.26. The summed E-state index contributed by atoms with van der Waals surface area (Å²) in [7, 11) is -3.28. The fourth-order valence-corrected chi connectivity index (χ4v) is 4.29. The molecule has 1 heterocycles. The van der Waals surface area contributed by atoms with E-state index in [2.05, 4.69) is 18.7 Å². The van der Waals surface area contributed by atoms with E-state index >= 15 is 0 Å². The van der Waals surface area contributed by atoms with Gasteiger partial charge in [-0.15, -0.1) is 0 Å². The number of benzene rings is 1.